The van der Waals surface area contributed by atoms with Gasteiger partial charge in [0.2, 0.25) is 11.8 Å². The van der Waals surface area contributed by atoms with Crippen molar-refractivity contribution in [2.24, 2.45) is 5.92 Å². The number of ether oxygens (including phenoxy) is 1. The summed E-state index contributed by atoms with van der Waals surface area (Å²) in [4.78, 5) is 29.9. The van der Waals surface area contributed by atoms with Crippen LogP contribution in [0.4, 0.5) is 0 Å². The monoisotopic (exact) mass is 433 g/mol. The van der Waals surface area contributed by atoms with Crippen LogP contribution in [0.15, 0.2) is 54.7 Å². The lowest BCUT2D eigenvalue weighted by atomic mass is 10.1. The summed E-state index contributed by atoms with van der Waals surface area (Å²) >= 11 is 0. The van der Waals surface area contributed by atoms with E-state index in [2.05, 4.69) is 16.4 Å². The van der Waals surface area contributed by atoms with Gasteiger partial charge >= 0.3 is 0 Å². The lowest BCUT2D eigenvalue weighted by Gasteiger charge is -2.31. The SMILES string of the molecule is CC(C)(C)N1CC(C(=O)NCCc2c[nH]c3cc(OCc4ccccc4)ccc23)CC1=O. The lowest BCUT2D eigenvalue weighted by molar-refractivity contribution is -0.132. The molecule has 1 aromatic heterocycles. The first-order valence-electron chi connectivity index (χ1n) is 11.2. The van der Waals surface area contributed by atoms with Crippen LogP contribution in [0, 0.1) is 5.92 Å². The molecule has 1 fully saturated rings. The average Bonchev–Trinajstić information content (AvgIpc) is 3.36. The van der Waals surface area contributed by atoms with E-state index in [0.717, 1.165) is 34.2 Å². The van der Waals surface area contributed by atoms with Crippen molar-refractivity contribution < 1.29 is 14.3 Å². The van der Waals surface area contributed by atoms with Gasteiger partial charge in [-0.05, 0) is 50.5 Å². The molecule has 168 valence electrons. The summed E-state index contributed by atoms with van der Waals surface area (Å²) < 4.78 is 5.91. The van der Waals surface area contributed by atoms with E-state index >= 15 is 0 Å². The Labute approximate surface area is 188 Å². The van der Waals surface area contributed by atoms with Crippen LogP contribution >= 0.6 is 0 Å². The van der Waals surface area contributed by atoms with Crippen molar-refractivity contribution in [3.05, 3.63) is 65.9 Å². The van der Waals surface area contributed by atoms with Gasteiger partial charge in [0, 0.05) is 48.2 Å². The van der Waals surface area contributed by atoms with E-state index in [1.54, 1.807) is 4.90 Å². The predicted molar refractivity (Wildman–Crippen MR) is 125 cm³/mol. The Hall–Kier alpha value is -3.28. The Morgan fingerprint density at radius 3 is 2.69 bits per heavy atom. The van der Waals surface area contributed by atoms with Crippen molar-refractivity contribution in [2.45, 2.75) is 45.8 Å². The molecule has 1 aliphatic heterocycles. The highest BCUT2D eigenvalue weighted by Gasteiger charge is 2.39. The van der Waals surface area contributed by atoms with Crippen LogP contribution in [0.1, 0.15) is 38.3 Å². The molecule has 1 atom stereocenters. The molecule has 1 saturated heterocycles. The zero-order chi connectivity index (χ0) is 22.7. The third-order valence-electron chi connectivity index (χ3n) is 5.99. The van der Waals surface area contributed by atoms with Crippen LogP contribution in [0.25, 0.3) is 10.9 Å². The first-order chi connectivity index (χ1) is 15.3. The first-order valence-corrected chi connectivity index (χ1v) is 11.2. The maximum atomic E-state index is 12.6. The molecule has 0 spiro atoms. The molecule has 6 nitrogen and oxygen atoms in total. The minimum atomic E-state index is -0.269. The lowest BCUT2D eigenvalue weighted by Crippen LogP contribution is -2.43. The highest BCUT2D eigenvalue weighted by Crippen LogP contribution is 2.26. The molecule has 2 aromatic carbocycles. The topological polar surface area (TPSA) is 74.4 Å². The Morgan fingerprint density at radius 1 is 1.19 bits per heavy atom. The fourth-order valence-corrected chi connectivity index (χ4v) is 4.20. The number of amides is 2. The van der Waals surface area contributed by atoms with Crippen molar-refractivity contribution in [3.8, 4) is 5.75 Å². The zero-order valence-corrected chi connectivity index (χ0v) is 19.0. The molecule has 0 aliphatic carbocycles. The molecule has 3 aromatic rings. The third kappa shape index (κ3) is 4.96. The number of H-pyrrole nitrogens is 1. The van der Waals surface area contributed by atoms with Gasteiger partial charge in [0.1, 0.15) is 12.4 Å². The predicted octanol–water partition coefficient (Wildman–Crippen LogP) is 4.05. The molecule has 0 radical (unpaired) electrons. The fourth-order valence-electron chi connectivity index (χ4n) is 4.20. The largest absolute Gasteiger partial charge is 0.489 e. The Balaban J connectivity index is 1.30. The second-order valence-electron chi connectivity index (χ2n) is 9.41. The third-order valence-corrected chi connectivity index (χ3v) is 5.99. The molecule has 2 N–H and O–H groups in total. The number of fused-ring (bicyclic) bond motifs is 1. The van der Waals surface area contributed by atoms with Crippen molar-refractivity contribution in [1.82, 2.24) is 15.2 Å². The number of aromatic amines is 1. The minimum absolute atomic E-state index is 0.0402. The number of rotatable bonds is 7. The molecule has 2 heterocycles. The quantitative estimate of drug-likeness (QED) is 0.590. The smallest absolute Gasteiger partial charge is 0.225 e. The molecular formula is C26H31N3O3. The Kier molecular flexibility index (Phi) is 6.21. The number of hydrogen-bond donors (Lipinski definition) is 2. The van der Waals surface area contributed by atoms with Crippen molar-refractivity contribution in [3.63, 3.8) is 0 Å². The Morgan fingerprint density at radius 2 is 1.97 bits per heavy atom. The first kappa shape index (κ1) is 21.9. The van der Waals surface area contributed by atoms with Crippen LogP contribution in [-0.2, 0) is 22.6 Å². The number of likely N-dealkylation sites (tertiary alicyclic amines) is 1. The van der Waals surface area contributed by atoms with E-state index in [1.807, 2.05) is 69.4 Å². The summed E-state index contributed by atoms with van der Waals surface area (Å²) in [6.07, 6.45) is 3.00. The number of benzene rings is 2. The van der Waals surface area contributed by atoms with E-state index < -0.39 is 0 Å². The molecule has 6 heteroatoms. The van der Waals surface area contributed by atoms with Gasteiger partial charge in [0.15, 0.2) is 0 Å². The Bertz CT molecular complexity index is 1100. The number of aromatic nitrogens is 1. The average molecular weight is 434 g/mol. The summed E-state index contributed by atoms with van der Waals surface area (Å²) in [5, 5.41) is 4.14. The van der Waals surface area contributed by atoms with Crippen molar-refractivity contribution in [2.75, 3.05) is 13.1 Å². The highest BCUT2D eigenvalue weighted by atomic mass is 16.5. The molecule has 4 rings (SSSR count). The van der Waals surface area contributed by atoms with Crippen LogP contribution in [0.2, 0.25) is 0 Å². The van der Waals surface area contributed by atoms with E-state index in [9.17, 15) is 9.59 Å². The van der Waals surface area contributed by atoms with Crippen LogP contribution < -0.4 is 10.1 Å². The maximum Gasteiger partial charge on any atom is 0.225 e. The van der Waals surface area contributed by atoms with Crippen LogP contribution in [0.5, 0.6) is 5.75 Å². The molecule has 32 heavy (non-hydrogen) atoms. The summed E-state index contributed by atoms with van der Waals surface area (Å²) in [6.45, 7) is 7.56. The van der Waals surface area contributed by atoms with Gasteiger partial charge in [0.05, 0.1) is 5.92 Å². The zero-order valence-electron chi connectivity index (χ0n) is 19.0. The number of carbonyl (C=O) groups is 2. The van der Waals surface area contributed by atoms with Gasteiger partial charge in [-0.25, -0.2) is 0 Å². The van der Waals surface area contributed by atoms with Gasteiger partial charge in [-0.1, -0.05) is 30.3 Å². The van der Waals surface area contributed by atoms with Gasteiger partial charge in [-0.2, -0.15) is 0 Å². The summed E-state index contributed by atoms with van der Waals surface area (Å²) in [7, 11) is 0. The number of hydrogen-bond acceptors (Lipinski definition) is 3. The van der Waals surface area contributed by atoms with Crippen LogP contribution in [-0.4, -0.2) is 40.3 Å². The van der Waals surface area contributed by atoms with E-state index in [4.69, 9.17) is 4.74 Å². The summed E-state index contributed by atoms with van der Waals surface area (Å²) in [6, 6.07) is 16.1. The summed E-state index contributed by atoms with van der Waals surface area (Å²) in [5.41, 5.74) is 3.04. The standard InChI is InChI=1S/C26H31N3O3/c1-26(2,3)29-16-20(13-24(29)30)25(31)27-12-11-19-15-28-23-14-21(9-10-22(19)23)32-17-18-7-5-4-6-8-18/h4-10,14-15,20,28H,11-13,16-17H2,1-3H3,(H,27,31). The van der Waals surface area contributed by atoms with Gasteiger partial charge in [-0.15, -0.1) is 0 Å². The fraction of sp³-hybridized carbons (Fsp3) is 0.385. The van der Waals surface area contributed by atoms with E-state index in [-0.39, 0.29) is 23.3 Å². The molecule has 2 amide bonds. The number of carbonyl (C=O) groups excluding carboxylic acids is 2. The van der Waals surface area contributed by atoms with Crippen molar-refractivity contribution in [1.29, 1.82) is 0 Å². The highest BCUT2D eigenvalue weighted by molar-refractivity contribution is 5.89. The van der Waals surface area contributed by atoms with Crippen LogP contribution in [0.3, 0.4) is 0 Å². The second kappa shape index (κ2) is 9.07. The second-order valence-corrected chi connectivity index (χ2v) is 9.41. The van der Waals surface area contributed by atoms with Gasteiger partial charge < -0.3 is 19.9 Å². The van der Waals surface area contributed by atoms with Gasteiger partial charge in [0.25, 0.3) is 0 Å². The molecule has 0 bridgehead atoms. The molecule has 1 unspecified atom stereocenters. The summed E-state index contributed by atoms with van der Waals surface area (Å²) in [5.74, 6) is 0.562. The van der Waals surface area contributed by atoms with Gasteiger partial charge in [-0.3, -0.25) is 9.59 Å². The van der Waals surface area contributed by atoms with E-state index in [0.29, 0.717) is 26.1 Å². The van der Waals surface area contributed by atoms with Crippen molar-refractivity contribution >= 4 is 22.7 Å². The number of nitrogens with one attached hydrogen (secondary N) is 2. The molecule has 0 saturated carbocycles. The number of nitrogens with zero attached hydrogens (tertiary/aromatic N) is 1. The molecular weight excluding hydrogens is 402 g/mol. The van der Waals surface area contributed by atoms with E-state index in [1.165, 1.54) is 0 Å². The maximum absolute atomic E-state index is 12.6. The molecule has 1 aliphatic rings. The minimum Gasteiger partial charge on any atom is -0.489 e. The normalized spacial score (nSPS) is 16.5.